The van der Waals surface area contributed by atoms with Crippen molar-refractivity contribution in [3.05, 3.63) is 0 Å². The van der Waals surface area contributed by atoms with E-state index >= 15 is 0 Å². The lowest BCUT2D eigenvalue weighted by Gasteiger charge is -2.30. The van der Waals surface area contributed by atoms with Gasteiger partial charge in [-0.15, -0.1) is 0 Å². The zero-order valence-corrected chi connectivity index (χ0v) is 7.75. The summed E-state index contributed by atoms with van der Waals surface area (Å²) in [6.07, 6.45) is 3.26. The molecule has 1 amide bonds. The van der Waals surface area contributed by atoms with Gasteiger partial charge in [0.1, 0.15) is 0 Å². The minimum Gasteiger partial charge on any atom is -0.369 e. The number of carbonyl (C=O) groups excluding carboxylic acids is 1. The standard InChI is InChI=1S/C9H18N2O/c1-2-5-11-6-3-4-8(7-11)9(10)12/h8H,2-7H2,1H3,(H2,10,12)/t8-/m0/s1. The Morgan fingerprint density at radius 3 is 3.00 bits per heavy atom. The molecule has 2 N–H and O–H groups in total. The first-order chi connectivity index (χ1) is 5.74. The Bertz CT molecular complexity index is 157. The van der Waals surface area contributed by atoms with Crippen LogP contribution in [0, 0.1) is 5.92 Å². The molecule has 1 atom stereocenters. The van der Waals surface area contributed by atoms with E-state index in [1.165, 1.54) is 0 Å². The molecule has 0 radical (unpaired) electrons. The van der Waals surface area contributed by atoms with Gasteiger partial charge in [-0.2, -0.15) is 0 Å². The van der Waals surface area contributed by atoms with Crippen LogP contribution in [0.2, 0.25) is 0 Å². The van der Waals surface area contributed by atoms with Crippen molar-refractivity contribution in [2.75, 3.05) is 19.6 Å². The molecule has 1 aliphatic heterocycles. The van der Waals surface area contributed by atoms with Crippen LogP contribution >= 0.6 is 0 Å². The summed E-state index contributed by atoms with van der Waals surface area (Å²) in [5, 5.41) is 0. The predicted octanol–water partition coefficient (Wildman–Crippen LogP) is 0.594. The van der Waals surface area contributed by atoms with Crippen molar-refractivity contribution < 1.29 is 4.79 Å². The summed E-state index contributed by atoms with van der Waals surface area (Å²) in [6, 6.07) is 0. The van der Waals surface area contributed by atoms with Crippen LogP contribution in [0.15, 0.2) is 0 Å². The first kappa shape index (κ1) is 9.52. The van der Waals surface area contributed by atoms with Gasteiger partial charge in [0.05, 0.1) is 5.92 Å². The minimum atomic E-state index is -0.129. The van der Waals surface area contributed by atoms with Crippen molar-refractivity contribution in [2.45, 2.75) is 26.2 Å². The summed E-state index contributed by atoms with van der Waals surface area (Å²) in [6.45, 7) is 5.28. The highest BCUT2D eigenvalue weighted by molar-refractivity contribution is 5.76. The second-order valence-electron chi connectivity index (χ2n) is 3.54. The number of piperidine rings is 1. The molecular weight excluding hydrogens is 152 g/mol. The number of primary amides is 1. The number of hydrogen-bond donors (Lipinski definition) is 1. The van der Waals surface area contributed by atoms with Crippen molar-refractivity contribution in [2.24, 2.45) is 11.7 Å². The van der Waals surface area contributed by atoms with Gasteiger partial charge in [-0.25, -0.2) is 0 Å². The van der Waals surface area contributed by atoms with E-state index in [0.29, 0.717) is 0 Å². The molecule has 0 unspecified atom stereocenters. The van der Waals surface area contributed by atoms with Crippen molar-refractivity contribution in [1.82, 2.24) is 4.90 Å². The normalized spacial score (nSPS) is 25.6. The van der Waals surface area contributed by atoms with Crippen LogP contribution in [0.25, 0.3) is 0 Å². The molecule has 0 saturated carbocycles. The van der Waals surface area contributed by atoms with Gasteiger partial charge in [0, 0.05) is 6.54 Å². The van der Waals surface area contributed by atoms with Gasteiger partial charge in [0.15, 0.2) is 0 Å². The first-order valence-electron chi connectivity index (χ1n) is 4.75. The largest absolute Gasteiger partial charge is 0.369 e. The molecule has 1 rings (SSSR count). The van der Waals surface area contributed by atoms with Crippen LogP contribution < -0.4 is 5.73 Å². The third-order valence-electron chi connectivity index (χ3n) is 2.45. The van der Waals surface area contributed by atoms with Crippen molar-refractivity contribution in [1.29, 1.82) is 0 Å². The lowest BCUT2D eigenvalue weighted by Crippen LogP contribution is -2.41. The van der Waals surface area contributed by atoms with Gasteiger partial charge < -0.3 is 10.6 Å². The number of nitrogens with zero attached hydrogens (tertiary/aromatic N) is 1. The predicted molar refractivity (Wildman–Crippen MR) is 48.6 cm³/mol. The molecule has 0 spiro atoms. The minimum absolute atomic E-state index is 0.102. The number of hydrogen-bond acceptors (Lipinski definition) is 2. The summed E-state index contributed by atoms with van der Waals surface area (Å²) in [5.74, 6) is -0.0268. The second-order valence-corrected chi connectivity index (χ2v) is 3.54. The Hall–Kier alpha value is -0.570. The maximum Gasteiger partial charge on any atom is 0.221 e. The highest BCUT2D eigenvalue weighted by Crippen LogP contribution is 2.15. The number of likely N-dealkylation sites (tertiary alicyclic amines) is 1. The van der Waals surface area contributed by atoms with Crippen LogP contribution in [0.5, 0.6) is 0 Å². The summed E-state index contributed by atoms with van der Waals surface area (Å²) >= 11 is 0. The smallest absolute Gasteiger partial charge is 0.221 e. The molecule has 3 heteroatoms. The number of nitrogens with two attached hydrogens (primary N) is 1. The van der Waals surface area contributed by atoms with Gasteiger partial charge >= 0.3 is 0 Å². The Labute approximate surface area is 73.9 Å². The van der Waals surface area contributed by atoms with E-state index in [1.54, 1.807) is 0 Å². The monoisotopic (exact) mass is 170 g/mol. The van der Waals surface area contributed by atoms with E-state index in [2.05, 4.69) is 11.8 Å². The van der Waals surface area contributed by atoms with E-state index in [9.17, 15) is 4.79 Å². The quantitative estimate of drug-likeness (QED) is 0.674. The topological polar surface area (TPSA) is 46.3 Å². The molecule has 3 nitrogen and oxygen atoms in total. The number of amides is 1. The Morgan fingerprint density at radius 1 is 1.67 bits per heavy atom. The average Bonchev–Trinajstić information content (AvgIpc) is 2.05. The number of carbonyl (C=O) groups is 1. The van der Waals surface area contributed by atoms with Crippen LogP contribution in [0.4, 0.5) is 0 Å². The maximum absolute atomic E-state index is 10.9. The van der Waals surface area contributed by atoms with Crippen molar-refractivity contribution in [3.63, 3.8) is 0 Å². The van der Waals surface area contributed by atoms with Gasteiger partial charge in [-0.05, 0) is 32.4 Å². The Balaban J connectivity index is 2.35. The molecule has 0 bridgehead atoms. The summed E-state index contributed by atoms with van der Waals surface area (Å²) in [7, 11) is 0. The third-order valence-corrected chi connectivity index (χ3v) is 2.45. The van der Waals surface area contributed by atoms with Crippen LogP contribution in [-0.4, -0.2) is 30.4 Å². The molecule has 70 valence electrons. The van der Waals surface area contributed by atoms with Crippen LogP contribution in [-0.2, 0) is 4.79 Å². The summed E-state index contributed by atoms with van der Waals surface area (Å²) in [5.41, 5.74) is 5.26. The molecule has 0 aromatic rings. The molecule has 1 heterocycles. The Kier molecular flexibility index (Phi) is 3.53. The molecule has 1 saturated heterocycles. The zero-order valence-electron chi connectivity index (χ0n) is 7.75. The first-order valence-corrected chi connectivity index (χ1v) is 4.75. The highest BCUT2D eigenvalue weighted by Gasteiger charge is 2.22. The molecular formula is C9H18N2O. The highest BCUT2D eigenvalue weighted by atomic mass is 16.1. The zero-order chi connectivity index (χ0) is 8.97. The lowest BCUT2D eigenvalue weighted by atomic mass is 9.97. The summed E-state index contributed by atoms with van der Waals surface area (Å²) < 4.78 is 0. The molecule has 1 aliphatic rings. The van der Waals surface area contributed by atoms with Gasteiger partial charge in [-0.3, -0.25) is 4.79 Å². The SMILES string of the molecule is CCCN1CCC[C@H](C(N)=O)C1. The van der Waals surface area contributed by atoms with E-state index in [1.807, 2.05) is 0 Å². The third kappa shape index (κ3) is 2.48. The van der Waals surface area contributed by atoms with Crippen molar-refractivity contribution in [3.8, 4) is 0 Å². The average molecular weight is 170 g/mol. The fourth-order valence-electron chi connectivity index (χ4n) is 1.81. The molecule has 0 aromatic carbocycles. The van der Waals surface area contributed by atoms with Crippen molar-refractivity contribution >= 4 is 5.91 Å². The van der Waals surface area contributed by atoms with Gasteiger partial charge in [0.25, 0.3) is 0 Å². The molecule has 1 fully saturated rings. The van der Waals surface area contributed by atoms with Gasteiger partial charge in [-0.1, -0.05) is 6.92 Å². The summed E-state index contributed by atoms with van der Waals surface area (Å²) in [4.78, 5) is 13.2. The number of rotatable bonds is 3. The van der Waals surface area contributed by atoms with Crippen LogP contribution in [0.3, 0.4) is 0 Å². The fourth-order valence-corrected chi connectivity index (χ4v) is 1.81. The lowest BCUT2D eigenvalue weighted by molar-refractivity contribution is -0.123. The second kappa shape index (κ2) is 4.45. The fraction of sp³-hybridized carbons (Fsp3) is 0.889. The van der Waals surface area contributed by atoms with E-state index in [-0.39, 0.29) is 11.8 Å². The van der Waals surface area contributed by atoms with E-state index in [4.69, 9.17) is 5.73 Å². The van der Waals surface area contributed by atoms with E-state index < -0.39 is 0 Å². The molecule has 0 aliphatic carbocycles. The molecule has 0 aromatic heterocycles. The van der Waals surface area contributed by atoms with Gasteiger partial charge in [0.2, 0.25) is 5.91 Å². The molecule has 12 heavy (non-hydrogen) atoms. The van der Waals surface area contributed by atoms with Crippen LogP contribution in [0.1, 0.15) is 26.2 Å². The maximum atomic E-state index is 10.9. The Morgan fingerprint density at radius 2 is 2.42 bits per heavy atom. The van der Waals surface area contributed by atoms with E-state index in [0.717, 1.165) is 38.9 Å².